The van der Waals surface area contributed by atoms with Crippen molar-refractivity contribution in [1.29, 1.82) is 0 Å². The molecule has 0 spiro atoms. The molecule has 0 radical (unpaired) electrons. The fraction of sp³-hybridized carbons (Fsp3) is 0.100. The molecule has 0 saturated carbocycles. The number of nitrogens with zero attached hydrogens (tertiary/aromatic N) is 1. The van der Waals surface area contributed by atoms with Crippen LogP contribution in [0.3, 0.4) is 0 Å². The Morgan fingerprint density at radius 1 is 1.46 bits per heavy atom. The predicted molar refractivity (Wildman–Crippen MR) is 58.6 cm³/mol. The normalized spacial score (nSPS) is 10.6. The number of halogens is 1. The van der Waals surface area contributed by atoms with Gasteiger partial charge in [0, 0.05) is 16.1 Å². The van der Waals surface area contributed by atoms with E-state index < -0.39 is 0 Å². The van der Waals surface area contributed by atoms with Crippen molar-refractivity contribution in [3.8, 4) is 0 Å². The van der Waals surface area contributed by atoms with Crippen LogP contribution in [0.25, 0.3) is 10.9 Å². The quantitative estimate of drug-likeness (QED) is 0.715. The Balaban J connectivity index is 2.97. The zero-order chi connectivity index (χ0) is 9.42. The van der Waals surface area contributed by atoms with Crippen LogP contribution in [0.15, 0.2) is 28.9 Å². The molecule has 1 aromatic heterocycles. The summed E-state index contributed by atoms with van der Waals surface area (Å²) in [6.45, 7) is 2.03. The standard InChI is InChI=1S/C10H9BrN2/c1-6-5-8(11)9(12)7-3-2-4-13-10(6)7/h2-5H,12H2,1H3. The Hall–Kier alpha value is -1.09. The van der Waals surface area contributed by atoms with Gasteiger partial charge in [0.05, 0.1) is 11.2 Å². The average Bonchev–Trinajstić information content (AvgIpc) is 2.15. The lowest BCUT2D eigenvalue weighted by molar-refractivity contribution is 1.36. The topological polar surface area (TPSA) is 38.9 Å². The molecule has 0 bridgehead atoms. The number of benzene rings is 1. The van der Waals surface area contributed by atoms with Gasteiger partial charge >= 0.3 is 0 Å². The highest BCUT2D eigenvalue weighted by Crippen LogP contribution is 2.29. The molecule has 2 aromatic rings. The first-order valence-electron chi connectivity index (χ1n) is 3.99. The van der Waals surface area contributed by atoms with Gasteiger partial charge in [-0.1, -0.05) is 0 Å². The molecule has 0 saturated heterocycles. The summed E-state index contributed by atoms with van der Waals surface area (Å²) in [7, 11) is 0. The second kappa shape index (κ2) is 3.00. The van der Waals surface area contributed by atoms with Gasteiger partial charge in [-0.2, -0.15) is 0 Å². The summed E-state index contributed by atoms with van der Waals surface area (Å²) >= 11 is 3.41. The minimum Gasteiger partial charge on any atom is -0.397 e. The number of aromatic nitrogens is 1. The highest BCUT2D eigenvalue weighted by molar-refractivity contribution is 9.10. The van der Waals surface area contributed by atoms with Gasteiger partial charge in [0.25, 0.3) is 0 Å². The van der Waals surface area contributed by atoms with Gasteiger partial charge in [0.15, 0.2) is 0 Å². The molecule has 0 fully saturated rings. The van der Waals surface area contributed by atoms with Gasteiger partial charge in [-0.05, 0) is 46.6 Å². The minimum atomic E-state index is 0.758. The number of nitrogens with two attached hydrogens (primary N) is 1. The van der Waals surface area contributed by atoms with Gasteiger partial charge < -0.3 is 5.73 Å². The zero-order valence-corrected chi connectivity index (χ0v) is 8.80. The van der Waals surface area contributed by atoms with Gasteiger partial charge in [0.1, 0.15) is 0 Å². The van der Waals surface area contributed by atoms with Crippen LogP contribution in [-0.2, 0) is 0 Å². The number of fused-ring (bicyclic) bond motifs is 1. The Morgan fingerprint density at radius 3 is 3.00 bits per heavy atom. The van der Waals surface area contributed by atoms with Crippen molar-refractivity contribution in [2.75, 3.05) is 5.73 Å². The van der Waals surface area contributed by atoms with E-state index in [-0.39, 0.29) is 0 Å². The van der Waals surface area contributed by atoms with E-state index in [1.165, 1.54) is 0 Å². The number of aryl methyl sites for hydroxylation is 1. The largest absolute Gasteiger partial charge is 0.397 e. The number of nitrogen functional groups attached to an aromatic ring is 1. The Bertz CT molecular complexity index is 466. The first kappa shape index (κ1) is 8.51. The Morgan fingerprint density at radius 2 is 2.23 bits per heavy atom. The highest BCUT2D eigenvalue weighted by atomic mass is 79.9. The monoisotopic (exact) mass is 236 g/mol. The molecule has 1 heterocycles. The first-order valence-corrected chi connectivity index (χ1v) is 4.79. The third-order valence-corrected chi connectivity index (χ3v) is 2.73. The molecule has 2 rings (SSSR count). The molecule has 0 atom stereocenters. The molecule has 0 aliphatic rings. The molecule has 1 aromatic carbocycles. The second-order valence-corrected chi connectivity index (χ2v) is 3.84. The van der Waals surface area contributed by atoms with E-state index in [0.29, 0.717) is 0 Å². The number of rotatable bonds is 0. The second-order valence-electron chi connectivity index (χ2n) is 2.99. The molecular formula is C10H9BrN2. The lowest BCUT2D eigenvalue weighted by atomic mass is 10.1. The van der Waals surface area contributed by atoms with Crippen molar-refractivity contribution >= 4 is 32.5 Å². The van der Waals surface area contributed by atoms with E-state index in [9.17, 15) is 0 Å². The van der Waals surface area contributed by atoms with E-state index in [0.717, 1.165) is 26.6 Å². The van der Waals surface area contributed by atoms with Crippen molar-refractivity contribution < 1.29 is 0 Å². The summed E-state index contributed by atoms with van der Waals surface area (Å²) in [5.74, 6) is 0. The van der Waals surface area contributed by atoms with E-state index in [4.69, 9.17) is 5.73 Å². The maximum absolute atomic E-state index is 5.90. The molecule has 13 heavy (non-hydrogen) atoms. The fourth-order valence-electron chi connectivity index (χ4n) is 1.40. The summed E-state index contributed by atoms with van der Waals surface area (Å²) in [5.41, 5.74) is 8.77. The number of anilines is 1. The summed E-state index contributed by atoms with van der Waals surface area (Å²) in [6, 6.07) is 5.87. The Kier molecular flexibility index (Phi) is 1.96. The average molecular weight is 237 g/mol. The van der Waals surface area contributed by atoms with Crippen LogP contribution in [0.5, 0.6) is 0 Å². The molecule has 0 aliphatic heterocycles. The van der Waals surface area contributed by atoms with E-state index >= 15 is 0 Å². The molecule has 0 aliphatic carbocycles. The Labute approximate surface area is 84.9 Å². The van der Waals surface area contributed by atoms with Gasteiger partial charge in [-0.25, -0.2) is 0 Å². The van der Waals surface area contributed by atoms with Crippen LogP contribution in [-0.4, -0.2) is 4.98 Å². The third kappa shape index (κ3) is 1.29. The van der Waals surface area contributed by atoms with Crippen molar-refractivity contribution in [2.24, 2.45) is 0 Å². The highest BCUT2D eigenvalue weighted by Gasteiger charge is 2.05. The molecule has 3 heteroatoms. The fourth-order valence-corrected chi connectivity index (χ4v) is 1.96. The van der Waals surface area contributed by atoms with E-state index in [2.05, 4.69) is 20.9 Å². The van der Waals surface area contributed by atoms with E-state index in [1.807, 2.05) is 25.1 Å². The maximum Gasteiger partial charge on any atom is 0.0752 e. The van der Waals surface area contributed by atoms with Gasteiger partial charge in [-0.15, -0.1) is 0 Å². The van der Waals surface area contributed by atoms with Crippen LogP contribution in [0.1, 0.15) is 5.56 Å². The van der Waals surface area contributed by atoms with Crippen molar-refractivity contribution in [2.45, 2.75) is 6.92 Å². The lowest BCUT2D eigenvalue weighted by Crippen LogP contribution is -1.92. The molecular weight excluding hydrogens is 228 g/mol. The smallest absolute Gasteiger partial charge is 0.0752 e. The van der Waals surface area contributed by atoms with Gasteiger partial charge in [0.2, 0.25) is 0 Å². The van der Waals surface area contributed by atoms with Crippen LogP contribution < -0.4 is 5.73 Å². The first-order chi connectivity index (χ1) is 6.20. The van der Waals surface area contributed by atoms with Crippen LogP contribution in [0.2, 0.25) is 0 Å². The lowest BCUT2D eigenvalue weighted by Gasteiger charge is -2.06. The summed E-state index contributed by atoms with van der Waals surface area (Å²) in [5, 5.41) is 1.01. The van der Waals surface area contributed by atoms with Crippen LogP contribution in [0, 0.1) is 6.92 Å². The summed E-state index contributed by atoms with van der Waals surface area (Å²) in [6.07, 6.45) is 1.78. The van der Waals surface area contributed by atoms with Crippen LogP contribution >= 0.6 is 15.9 Å². The number of hydrogen-bond acceptors (Lipinski definition) is 2. The van der Waals surface area contributed by atoms with Gasteiger partial charge in [-0.3, -0.25) is 4.98 Å². The summed E-state index contributed by atoms with van der Waals surface area (Å²) < 4.78 is 0.936. The van der Waals surface area contributed by atoms with Crippen LogP contribution in [0.4, 0.5) is 5.69 Å². The molecule has 2 nitrogen and oxygen atoms in total. The third-order valence-electron chi connectivity index (χ3n) is 2.07. The van der Waals surface area contributed by atoms with Crippen molar-refractivity contribution in [3.63, 3.8) is 0 Å². The van der Waals surface area contributed by atoms with Crippen molar-refractivity contribution in [3.05, 3.63) is 34.4 Å². The predicted octanol–water partition coefficient (Wildman–Crippen LogP) is 2.89. The maximum atomic E-state index is 5.90. The molecule has 0 unspecified atom stereocenters. The summed E-state index contributed by atoms with van der Waals surface area (Å²) in [4.78, 5) is 4.28. The zero-order valence-electron chi connectivity index (χ0n) is 7.21. The van der Waals surface area contributed by atoms with E-state index in [1.54, 1.807) is 6.20 Å². The molecule has 2 N–H and O–H groups in total. The molecule has 0 amide bonds. The molecule has 66 valence electrons. The SMILES string of the molecule is Cc1cc(Br)c(N)c2cccnc12. The number of hydrogen-bond donors (Lipinski definition) is 1. The van der Waals surface area contributed by atoms with Crippen molar-refractivity contribution in [1.82, 2.24) is 4.98 Å². The minimum absolute atomic E-state index is 0.758. The number of pyridine rings is 1.